The molecule has 1 aliphatic rings. The quantitative estimate of drug-likeness (QED) is 0.343. The first kappa shape index (κ1) is 6.39. The van der Waals surface area contributed by atoms with Crippen molar-refractivity contribution in [2.24, 2.45) is 0 Å². The van der Waals surface area contributed by atoms with Crippen molar-refractivity contribution in [1.29, 1.82) is 0 Å². The molecule has 48 valence electrons. The van der Waals surface area contributed by atoms with Gasteiger partial charge in [0.25, 0.3) is 0 Å². The third-order valence-electron chi connectivity index (χ3n) is 0.851. The average molecular weight is 139 g/mol. The van der Waals surface area contributed by atoms with Gasteiger partial charge in [0.1, 0.15) is 6.10 Å². The molecule has 1 saturated heterocycles. The van der Waals surface area contributed by atoms with E-state index in [-0.39, 0.29) is 12.3 Å². The lowest BCUT2D eigenvalue weighted by Gasteiger charge is -1.98. The predicted molar refractivity (Wildman–Crippen MR) is 28.2 cm³/mol. The van der Waals surface area contributed by atoms with Gasteiger partial charge in [-0.25, -0.2) is 0 Å². The van der Waals surface area contributed by atoms with Gasteiger partial charge in [0, 0.05) is 0 Å². The second kappa shape index (κ2) is 1.90. The lowest BCUT2D eigenvalue weighted by atomic mass is 10.6. The van der Waals surface area contributed by atoms with E-state index in [1.807, 2.05) is 0 Å². The van der Waals surface area contributed by atoms with Crippen molar-refractivity contribution in [2.75, 3.05) is 12.8 Å². The van der Waals surface area contributed by atoms with E-state index in [0.29, 0.717) is 6.61 Å². The normalized spacial score (nSPS) is 28.1. The third kappa shape index (κ3) is 2.55. The minimum absolute atomic E-state index is 0.00694. The molecule has 1 rings (SSSR count). The molecule has 0 bridgehead atoms. The Morgan fingerprint density at radius 2 is 2.00 bits per heavy atom. The van der Waals surface area contributed by atoms with Crippen LogP contribution in [0.2, 0.25) is 0 Å². The number of hydrogen-bond donors (Lipinski definition) is 3. The van der Waals surface area contributed by atoms with E-state index in [9.17, 15) is 0 Å². The highest BCUT2D eigenvalue weighted by Crippen LogP contribution is 2.47. The highest BCUT2D eigenvalue weighted by atomic mass is 31.2. The summed E-state index contributed by atoms with van der Waals surface area (Å²) in [5, 5.41) is 0. The summed E-state index contributed by atoms with van der Waals surface area (Å²) in [6.45, 7) is 0.545. The molecule has 1 unspecified atom stereocenters. The van der Waals surface area contributed by atoms with Crippen LogP contribution in [0.1, 0.15) is 0 Å². The van der Waals surface area contributed by atoms with Crippen LogP contribution >= 0.6 is 7.94 Å². The summed E-state index contributed by atoms with van der Waals surface area (Å²) in [5.74, 6) is 0. The van der Waals surface area contributed by atoms with Gasteiger partial charge in [-0.05, 0) is 0 Å². The SMILES string of the molecule is O[P+](O)(O)CC1CO1. The van der Waals surface area contributed by atoms with Gasteiger partial charge in [-0.2, -0.15) is 14.7 Å². The van der Waals surface area contributed by atoms with Gasteiger partial charge < -0.3 is 4.74 Å². The smallest absolute Gasteiger partial charge is 0.369 e. The number of epoxide rings is 1. The van der Waals surface area contributed by atoms with E-state index in [1.165, 1.54) is 0 Å². The van der Waals surface area contributed by atoms with Crippen molar-refractivity contribution in [3.8, 4) is 0 Å². The summed E-state index contributed by atoms with van der Waals surface area (Å²) in [4.78, 5) is 25.1. The van der Waals surface area contributed by atoms with E-state index in [0.717, 1.165) is 0 Å². The summed E-state index contributed by atoms with van der Waals surface area (Å²) in [6.07, 6.45) is -0.115. The minimum Gasteiger partial charge on any atom is -0.369 e. The van der Waals surface area contributed by atoms with Crippen LogP contribution < -0.4 is 0 Å². The predicted octanol–water partition coefficient (Wildman–Crippen LogP) is -0.875. The molecule has 8 heavy (non-hydrogen) atoms. The Balaban J connectivity index is 2.16. The molecular formula is C3H8O4P+. The zero-order valence-electron chi connectivity index (χ0n) is 4.19. The van der Waals surface area contributed by atoms with Gasteiger partial charge in [0.2, 0.25) is 0 Å². The van der Waals surface area contributed by atoms with Crippen LogP contribution in [0.4, 0.5) is 0 Å². The number of ether oxygens (including phenoxy) is 1. The molecule has 0 radical (unpaired) electrons. The molecule has 0 spiro atoms. The molecule has 0 aromatic rings. The lowest BCUT2D eigenvalue weighted by molar-refractivity contribution is 0.319. The van der Waals surface area contributed by atoms with Gasteiger partial charge in [-0.3, -0.25) is 0 Å². The van der Waals surface area contributed by atoms with Crippen LogP contribution in [0, 0.1) is 0 Å². The zero-order chi connectivity index (χ0) is 6.20. The van der Waals surface area contributed by atoms with Crippen LogP contribution in [-0.2, 0) is 4.74 Å². The van der Waals surface area contributed by atoms with Crippen LogP contribution in [0.25, 0.3) is 0 Å². The van der Waals surface area contributed by atoms with Gasteiger partial charge in [-0.15, -0.1) is 0 Å². The molecule has 3 N–H and O–H groups in total. The largest absolute Gasteiger partial charge is 0.406 e. The van der Waals surface area contributed by atoms with Crippen molar-refractivity contribution < 1.29 is 19.4 Å². The Hall–Kier alpha value is 0.270. The van der Waals surface area contributed by atoms with Crippen molar-refractivity contribution in [1.82, 2.24) is 0 Å². The molecule has 1 aliphatic heterocycles. The van der Waals surface area contributed by atoms with Crippen LogP contribution in [0.3, 0.4) is 0 Å². The fraction of sp³-hybridized carbons (Fsp3) is 1.00. The highest BCUT2D eigenvalue weighted by molar-refractivity contribution is 7.58. The van der Waals surface area contributed by atoms with E-state index >= 15 is 0 Å². The summed E-state index contributed by atoms with van der Waals surface area (Å²) in [6, 6.07) is 0. The Morgan fingerprint density at radius 1 is 1.50 bits per heavy atom. The molecule has 4 nitrogen and oxygen atoms in total. The topological polar surface area (TPSA) is 73.2 Å². The average Bonchev–Trinajstić information content (AvgIpc) is 2.12. The summed E-state index contributed by atoms with van der Waals surface area (Å²) in [7, 11) is -3.53. The molecule has 0 aromatic heterocycles. The maximum atomic E-state index is 8.37. The number of rotatable bonds is 2. The van der Waals surface area contributed by atoms with E-state index in [2.05, 4.69) is 4.74 Å². The van der Waals surface area contributed by atoms with Crippen LogP contribution in [0.15, 0.2) is 0 Å². The second-order valence-electron chi connectivity index (χ2n) is 1.83. The molecule has 0 aliphatic carbocycles. The summed E-state index contributed by atoms with van der Waals surface area (Å²) >= 11 is 0. The molecule has 1 atom stereocenters. The van der Waals surface area contributed by atoms with Crippen molar-refractivity contribution in [3.05, 3.63) is 0 Å². The molecule has 0 amide bonds. The Labute approximate surface area is 47.3 Å². The van der Waals surface area contributed by atoms with Crippen molar-refractivity contribution >= 4 is 7.94 Å². The van der Waals surface area contributed by atoms with Gasteiger partial charge >= 0.3 is 7.94 Å². The summed E-state index contributed by atoms with van der Waals surface area (Å²) < 4.78 is 4.63. The monoisotopic (exact) mass is 139 g/mol. The second-order valence-corrected chi connectivity index (χ2v) is 3.58. The molecule has 5 heteroatoms. The minimum atomic E-state index is -3.53. The van der Waals surface area contributed by atoms with Crippen LogP contribution in [-0.4, -0.2) is 33.6 Å². The number of hydrogen-bond acceptors (Lipinski definition) is 4. The fourth-order valence-electron chi connectivity index (χ4n) is 0.447. The van der Waals surface area contributed by atoms with E-state index in [4.69, 9.17) is 14.7 Å². The Kier molecular flexibility index (Phi) is 1.52. The van der Waals surface area contributed by atoms with E-state index in [1.54, 1.807) is 0 Å². The first-order valence-corrected chi connectivity index (χ1v) is 4.09. The van der Waals surface area contributed by atoms with Gasteiger partial charge in [0.15, 0.2) is 6.16 Å². The molecule has 0 aromatic carbocycles. The fourth-order valence-corrected chi connectivity index (χ4v) is 1.20. The first-order valence-electron chi connectivity index (χ1n) is 2.26. The molecule has 1 heterocycles. The van der Waals surface area contributed by atoms with E-state index < -0.39 is 7.94 Å². The molecule has 0 saturated carbocycles. The van der Waals surface area contributed by atoms with Gasteiger partial charge in [-0.1, -0.05) is 0 Å². The highest BCUT2D eigenvalue weighted by Gasteiger charge is 2.40. The van der Waals surface area contributed by atoms with Gasteiger partial charge in [0.05, 0.1) is 6.61 Å². The van der Waals surface area contributed by atoms with Crippen molar-refractivity contribution in [3.63, 3.8) is 0 Å². The Morgan fingerprint density at radius 3 is 2.12 bits per heavy atom. The zero-order valence-corrected chi connectivity index (χ0v) is 5.08. The standard InChI is InChI=1S/C3H8O4P/c4-8(5,6)2-3-1-7-3/h3-6H,1-2H2/q+1. The van der Waals surface area contributed by atoms with Crippen LogP contribution in [0.5, 0.6) is 0 Å². The Bertz CT molecular complexity index is 83.8. The third-order valence-corrected chi connectivity index (χ3v) is 1.75. The molecular weight excluding hydrogens is 131 g/mol. The van der Waals surface area contributed by atoms with Crippen molar-refractivity contribution in [2.45, 2.75) is 6.10 Å². The molecule has 1 fully saturated rings. The maximum absolute atomic E-state index is 8.37. The summed E-state index contributed by atoms with van der Waals surface area (Å²) in [5.41, 5.74) is 0. The first-order chi connectivity index (χ1) is 3.58. The maximum Gasteiger partial charge on any atom is 0.406 e. The lowest BCUT2D eigenvalue weighted by Crippen LogP contribution is -2.00.